The SMILES string of the molecule is Nc1ccc(N2CC[C@]3(CCN(C(=O)O)C3)C2)cc1. The minimum absolute atomic E-state index is 0.153. The van der Waals surface area contributed by atoms with Crippen LogP contribution in [0.4, 0.5) is 16.2 Å². The molecule has 3 N–H and O–H groups in total. The lowest BCUT2D eigenvalue weighted by Crippen LogP contribution is -2.33. The fourth-order valence-electron chi connectivity index (χ4n) is 3.27. The zero-order chi connectivity index (χ0) is 13.5. The normalized spacial score (nSPS) is 26.3. The van der Waals surface area contributed by atoms with Crippen LogP contribution in [-0.4, -0.2) is 42.3 Å². The van der Waals surface area contributed by atoms with Gasteiger partial charge in [0.1, 0.15) is 0 Å². The van der Waals surface area contributed by atoms with Crippen LogP contribution in [-0.2, 0) is 0 Å². The van der Waals surface area contributed by atoms with E-state index in [1.54, 1.807) is 4.90 Å². The number of hydrogen-bond donors (Lipinski definition) is 2. The van der Waals surface area contributed by atoms with Crippen LogP contribution in [0.2, 0.25) is 0 Å². The van der Waals surface area contributed by atoms with Gasteiger partial charge in [-0.3, -0.25) is 0 Å². The van der Waals surface area contributed by atoms with Gasteiger partial charge in [-0.15, -0.1) is 0 Å². The van der Waals surface area contributed by atoms with Crippen molar-refractivity contribution in [2.24, 2.45) is 5.41 Å². The molecule has 0 radical (unpaired) electrons. The highest BCUT2D eigenvalue weighted by Gasteiger charge is 2.44. The molecule has 1 spiro atoms. The van der Waals surface area contributed by atoms with E-state index in [4.69, 9.17) is 10.8 Å². The largest absolute Gasteiger partial charge is 0.465 e. The number of benzene rings is 1. The molecule has 102 valence electrons. The van der Waals surface area contributed by atoms with Gasteiger partial charge in [-0.05, 0) is 37.1 Å². The van der Waals surface area contributed by atoms with E-state index in [1.165, 1.54) is 5.69 Å². The Morgan fingerprint density at radius 3 is 2.47 bits per heavy atom. The van der Waals surface area contributed by atoms with Crippen molar-refractivity contribution in [1.29, 1.82) is 0 Å². The van der Waals surface area contributed by atoms with Crippen molar-refractivity contribution in [3.63, 3.8) is 0 Å². The summed E-state index contributed by atoms with van der Waals surface area (Å²) < 4.78 is 0. The van der Waals surface area contributed by atoms with Gasteiger partial charge in [0, 0.05) is 43.0 Å². The average molecular weight is 261 g/mol. The Hall–Kier alpha value is -1.91. The Bertz CT molecular complexity index is 488. The van der Waals surface area contributed by atoms with E-state index in [0.29, 0.717) is 13.1 Å². The van der Waals surface area contributed by atoms with E-state index in [2.05, 4.69) is 4.90 Å². The molecule has 2 heterocycles. The predicted octanol–water partition coefficient (Wildman–Crippen LogP) is 1.85. The van der Waals surface area contributed by atoms with Crippen molar-refractivity contribution < 1.29 is 9.90 Å². The standard InChI is InChI=1S/C14H19N3O2/c15-11-1-3-12(4-2-11)16-7-5-14(9-16)6-8-17(10-14)13(18)19/h1-4H,5-10,15H2,(H,18,19)/t14-/m0/s1. The Kier molecular flexibility index (Phi) is 2.77. The molecule has 0 bridgehead atoms. The molecule has 3 rings (SSSR count). The Morgan fingerprint density at radius 2 is 1.84 bits per heavy atom. The fraction of sp³-hybridized carbons (Fsp3) is 0.500. The van der Waals surface area contributed by atoms with Crippen LogP contribution in [0.15, 0.2) is 24.3 Å². The van der Waals surface area contributed by atoms with Crippen LogP contribution in [0.25, 0.3) is 0 Å². The smallest absolute Gasteiger partial charge is 0.407 e. The molecule has 2 saturated heterocycles. The highest BCUT2D eigenvalue weighted by molar-refractivity contribution is 5.65. The van der Waals surface area contributed by atoms with Gasteiger partial charge < -0.3 is 20.6 Å². The molecule has 5 heteroatoms. The minimum Gasteiger partial charge on any atom is -0.465 e. The number of carboxylic acid groups (broad SMARTS) is 1. The summed E-state index contributed by atoms with van der Waals surface area (Å²) in [6.07, 6.45) is 1.26. The van der Waals surface area contributed by atoms with E-state index in [-0.39, 0.29) is 5.41 Å². The Labute approximate surface area is 112 Å². The summed E-state index contributed by atoms with van der Waals surface area (Å²) >= 11 is 0. The Morgan fingerprint density at radius 1 is 1.16 bits per heavy atom. The fourth-order valence-corrected chi connectivity index (χ4v) is 3.27. The maximum Gasteiger partial charge on any atom is 0.407 e. The molecule has 2 fully saturated rings. The second-order valence-corrected chi connectivity index (χ2v) is 5.72. The summed E-state index contributed by atoms with van der Waals surface area (Å²) in [5.41, 5.74) is 7.81. The van der Waals surface area contributed by atoms with Gasteiger partial charge in [0.25, 0.3) is 0 Å². The molecule has 0 unspecified atom stereocenters. The van der Waals surface area contributed by atoms with Gasteiger partial charge in [0.05, 0.1) is 0 Å². The van der Waals surface area contributed by atoms with Gasteiger partial charge in [0.15, 0.2) is 0 Å². The number of amides is 1. The molecule has 0 saturated carbocycles. The van der Waals surface area contributed by atoms with Gasteiger partial charge >= 0.3 is 6.09 Å². The number of rotatable bonds is 1. The second kappa shape index (κ2) is 4.33. The third-order valence-corrected chi connectivity index (χ3v) is 4.41. The van der Waals surface area contributed by atoms with Crippen molar-refractivity contribution in [2.45, 2.75) is 12.8 Å². The average Bonchev–Trinajstić information content (AvgIpc) is 2.99. The summed E-state index contributed by atoms with van der Waals surface area (Å²) in [5.74, 6) is 0. The van der Waals surface area contributed by atoms with Gasteiger partial charge in [-0.1, -0.05) is 0 Å². The van der Waals surface area contributed by atoms with Crippen molar-refractivity contribution in [3.05, 3.63) is 24.3 Å². The van der Waals surface area contributed by atoms with E-state index in [9.17, 15) is 4.79 Å². The van der Waals surface area contributed by atoms with Crippen LogP contribution < -0.4 is 10.6 Å². The molecule has 1 aromatic carbocycles. The third kappa shape index (κ3) is 2.20. The maximum atomic E-state index is 11.0. The Balaban J connectivity index is 1.70. The number of hydrogen-bond acceptors (Lipinski definition) is 3. The summed E-state index contributed by atoms with van der Waals surface area (Å²) in [4.78, 5) is 14.9. The van der Waals surface area contributed by atoms with E-state index >= 15 is 0 Å². The first-order chi connectivity index (χ1) is 9.08. The lowest BCUT2D eigenvalue weighted by molar-refractivity contribution is 0.150. The van der Waals surface area contributed by atoms with Gasteiger partial charge in [-0.25, -0.2) is 4.79 Å². The van der Waals surface area contributed by atoms with Crippen LogP contribution >= 0.6 is 0 Å². The first kappa shape index (κ1) is 12.1. The van der Waals surface area contributed by atoms with E-state index in [1.807, 2.05) is 24.3 Å². The summed E-state index contributed by atoms with van der Waals surface area (Å²) in [7, 11) is 0. The molecule has 1 atom stereocenters. The zero-order valence-electron chi connectivity index (χ0n) is 10.9. The summed E-state index contributed by atoms with van der Waals surface area (Å²) in [6, 6.07) is 7.91. The highest BCUT2D eigenvalue weighted by Crippen LogP contribution is 2.41. The number of likely N-dealkylation sites (tertiary alicyclic amines) is 1. The van der Waals surface area contributed by atoms with Crippen LogP contribution in [0, 0.1) is 5.41 Å². The van der Waals surface area contributed by atoms with Crippen molar-refractivity contribution in [1.82, 2.24) is 4.90 Å². The first-order valence-corrected chi connectivity index (χ1v) is 6.66. The molecule has 5 nitrogen and oxygen atoms in total. The number of nitrogen functional groups attached to an aromatic ring is 1. The number of nitrogens with zero attached hydrogens (tertiary/aromatic N) is 2. The molecule has 0 aliphatic carbocycles. The summed E-state index contributed by atoms with van der Waals surface area (Å²) in [5, 5.41) is 9.07. The van der Waals surface area contributed by atoms with E-state index in [0.717, 1.165) is 31.6 Å². The van der Waals surface area contributed by atoms with Crippen molar-refractivity contribution in [2.75, 3.05) is 36.8 Å². The van der Waals surface area contributed by atoms with Crippen molar-refractivity contribution >= 4 is 17.5 Å². The van der Waals surface area contributed by atoms with E-state index < -0.39 is 6.09 Å². The summed E-state index contributed by atoms with van der Waals surface area (Å²) in [6.45, 7) is 3.29. The quantitative estimate of drug-likeness (QED) is 0.757. The third-order valence-electron chi connectivity index (χ3n) is 4.41. The predicted molar refractivity (Wildman–Crippen MR) is 74.3 cm³/mol. The molecule has 1 aromatic rings. The number of carbonyl (C=O) groups is 1. The van der Waals surface area contributed by atoms with Crippen molar-refractivity contribution in [3.8, 4) is 0 Å². The minimum atomic E-state index is -0.789. The molecular formula is C14H19N3O2. The molecule has 2 aliphatic heterocycles. The van der Waals surface area contributed by atoms with Crippen LogP contribution in [0.3, 0.4) is 0 Å². The second-order valence-electron chi connectivity index (χ2n) is 5.72. The molecule has 2 aliphatic rings. The molecular weight excluding hydrogens is 242 g/mol. The highest BCUT2D eigenvalue weighted by atomic mass is 16.4. The monoisotopic (exact) mass is 261 g/mol. The molecule has 1 amide bonds. The lowest BCUT2D eigenvalue weighted by atomic mass is 9.86. The maximum absolute atomic E-state index is 11.0. The number of nitrogens with two attached hydrogens (primary N) is 1. The molecule has 19 heavy (non-hydrogen) atoms. The number of anilines is 2. The van der Waals surface area contributed by atoms with Gasteiger partial charge in [-0.2, -0.15) is 0 Å². The lowest BCUT2D eigenvalue weighted by Gasteiger charge is -2.25. The van der Waals surface area contributed by atoms with Crippen LogP contribution in [0.1, 0.15) is 12.8 Å². The first-order valence-electron chi connectivity index (χ1n) is 6.66. The van der Waals surface area contributed by atoms with Crippen LogP contribution in [0.5, 0.6) is 0 Å². The van der Waals surface area contributed by atoms with Gasteiger partial charge in [0.2, 0.25) is 0 Å². The zero-order valence-corrected chi connectivity index (χ0v) is 10.9. The molecule has 0 aromatic heterocycles. The topological polar surface area (TPSA) is 69.8 Å².